The highest BCUT2D eigenvalue weighted by Crippen LogP contribution is 2.36. The van der Waals surface area contributed by atoms with Crippen LogP contribution in [0.5, 0.6) is 0 Å². The Bertz CT molecular complexity index is 1060. The third kappa shape index (κ3) is 7.67. The summed E-state index contributed by atoms with van der Waals surface area (Å²) < 4.78 is 5.22. The topological polar surface area (TPSA) is 75.7 Å². The minimum Gasteiger partial charge on any atom is -0.443 e. The number of hydrogen-bond donors (Lipinski definition) is 1. The fourth-order valence-corrected chi connectivity index (χ4v) is 4.82. The van der Waals surface area contributed by atoms with Crippen LogP contribution in [0.1, 0.15) is 88.0 Å². The zero-order valence-corrected chi connectivity index (χ0v) is 21.6. The Morgan fingerprint density at radius 2 is 1.36 bits per heavy atom. The van der Waals surface area contributed by atoms with Crippen molar-refractivity contribution in [3.63, 3.8) is 0 Å². The summed E-state index contributed by atoms with van der Waals surface area (Å²) in [6, 6.07) is 16.7. The second-order valence-corrected chi connectivity index (χ2v) is 10.4. The number of amides is 3. The van der Waals surface area contributed by atoms with Crippen LogP contribution in [-0.2, 0) is 27.2 Å². The summed E-state index contributed by atoms with van der Waals surface area (Å²) in [5, 5.41) is 2.68. The van der Waals surface area contributed by atoms with Crippen molar-refractivity contribution in [2.24, 2.45) is 0 Å². The molecule has 0 radical (unpaired) electrons. The van der Waals surface area contributed by atoms with E-state index in [4.69, 9.17) is 4.74 Å². The number of fused-ring (bicyclic) bond motifs is 2. The minimum atomic E-state index is -0.592. The van der Waals surface area contributed by atoms with E-state index in [-0.39, 0.29) is 25.2 Å². The van der Waals surface area contributed by atoms with Crippen molar-refractivity contribution in [2.45, 2.75) is 84.2 Å². The molecule has 2 unspecified atom stereocenters. The van der Waals surface area contributed by atoms with Crippen LogP contribution in [0.3, 0.4) is 0 Å². The van der Waals surface area contributed by atoms with Gasteiger partial charge < -0.3 is 10.1 Å². The Kier molecular flexibility index (Phi) is 10.3. The summed E-state index contributed by atoms with van der Waals surface area (Å²) >= 11 is 0. The largest absolute Gasteiger partial charge is 0.443 e. The smallest absolute Gasteiger partial charge is 0.416 e. The molecular weight excluding hydrogens is 452 g/mol. The number of benzene rings is 2. The highest BCUT2D eigenvalue weighted by atomic mass is 16.6. The minimum absolute atomic E-state index is 0. The van der Waals surface area contributed by atoms with Crippen LogP contribution < -0.4 is 5.32 Å². The van der Waals surface area contributed by atoms with Crippen molar-refractivity contribution in [1.29, 1.82) is 0 Å². The average Bonchev–Trinajstić information content (AvgIpc) is 3.42. The summed E-state index contributed by atoms with van der Waals surface area (Å²) in [7, 11) is 3.18. The maximum Gasteiger partial charge on any atom is 0.416 e. The van der Waals surface area contributed by atoms with Gasteiger partial charge in [0.2, 0.25) is 11.8 Å². The van der Waals surface area contributed by atoms with E-state index < -0.39 is 11.7 Å². The molecule has 196 valence electrons. The normalized spacial score (nSPS) is 17.5. The van der Waals surface area contributed by atoms with Crippen molar-refractivity contribution in [3.05, 3.63) is 70.8 Å². The van der Waals surface area contributed by atoms with Gasteiger partial charge in [0, 0.05) is 26.9 Å². The molecule has 0 fully saturated rings. The van der Waals surface area contributed by atoms with E-state index in [0.717, 1.165) is 30.6 Å². The number of nitrogens with one attached hydrogen (secondary N) is 1. The highest BCUT2D eigenvalue weighted by molar-refractivity contribution is 5.92. The maximum absolute atomic E-state index is 12.3. The van der Waals surface area contributed by atoms with Crippen molar-refractivity contribution < 1.29 is 19.1 Å². The molecule has 0 bridgehead atoms. The quantitative estimate of drug-likeness (QED) is 0.567. The molecule has 4 rings (SSSR count). The Hall–Kier alpha value is -3.15. The number of carbonyl (C=O) groups excluding carboxylic acids is 3. The van der Waals surface area contributed by atoms with Crippen molar-refractivity contribution >= 4 is 17.9 Å². The van der Waals surface area contributed by atoms with Gasteiger partial charge in [-0.25, -0.2) is 4.79 Å². The molecule has 2 aromatic rings. The molecular formula is C30H42N2O4. The van der Waals surface area contributed by atoms with E-state index in [2.05, 4.69) is 41.7 Å². The molecule has 0 spiro atoms. The molecule has 0 aromatic heterocycles. The lowest BCUT2D eigenvalue weighted by molar-refractivity contribution is -0.129. The zero-order chi connectivity index (χ0) is 25.6. The van der Waals surface area contributed by atoms with Crippen molar-refractivity contribution in [3.8, 4) is 0 Å². The Balaban J connectivity index is 0.000000265. The van der Waals surface area contributed by atoms with E-state index >= 15 is 0 Å². The van der Waals surface area contributed by atoms with Gasteiger partial charge in [-0.3, -0.25) is 14.5 Å². The van der Waals surface area contributed by atoms with E-state index in [1.54, 1.807) is 27.8 Å². The van der Waals surface area contributed by atoms with Gasteiger partial charge in [-0.1, -0.05) is 56.0 Å². The number of ether oxygens (including phenoxy) is 1. The van der Waals surface area contributed by atoms with Gasteiger partial charge in [-0.15, -0.1) is 0 Å². The Morgan fingerprint density at radius 1 is 0.889 bits per heavy atom. The molecule has 0 saturated heterocycles. The predicted molar refractivity (Wildman–Crippen MR) is 144 cm³/mol. The predicted octanol–water partition coefficient (Wildman–Crippen LogP) is 5.99. The Labute approximate surface area is 216 Å². The third-order valence-electron chi connectivity index (χ3n) is 6.69. The molecule has 6 heteroatoms. The fourth-order valence-electron chi connectivity index (χ4n) is 4.82. The lowest BCUT2D eigenvalue weighted by atomic mass is 9.97. The van der Waals surface area contributed by atoms with Gasteiger partial charge in [0.1, 0.15) is 5.60 Å². The van der Waals surface area contributed by atoms with Crippen molar-refractivity contribution in [2.75, 3.05) is 14.1 Å². The lowest BCUT2D eigenvalue weighted by Gasteiger charge is -2.24. The first-order valence-electron chi connectivity index (χ1n) is 12.4. The molecule has 36 heavy (non-hydrogen) atoms. The summed E-state index contributed by atoms with van der Waals surface area (Å²) in [6.07, 6.45) is 4.61. The van der Waals surface area contributed by atoms with E-state index in [0.29, 0.717) is 18.8 Å². The van der Waals surface area contributed by atoms with E-state index in [9.17, 15) is 14.4 Å². The van der Waals surface area contributed by atoms with Gasteiger partial charge in [-0.05, 0) is 80.5 Å². The first-order chi connectivity index (χ1) is 16.6. The summed E-state index contributed by atoms with van der Waals surface area (Å²) in [5.74, 6) is 0.599. The maximum atomic E-state index is 12.3. The fraction of sp³-hybridized carbons (Fsp3) is 0.500. The number of nitrogens with zero attached hydrogens (tertiary/aromatic N) is 1. The first kappa shape index (κ1) is 29.1. The van der Waals surface area contributed by atoms with Crippen molar-refractivity contribution in [1.82, 2.24) is 10.2 Å². The first-order valence-corrected chi connectivity index (χ1v) is 12.4. The summed E-state index contributed by atoms with van der Waals surface area (Å²) in [6.45, 7) is 5.36. The lowest BCUT2D eigenvalue weighted by Crippen LogP contribution is -2.38. The standard InChI is InChI=1S/C17H23NO3.C12H15NO.CH4/c1-17(2,3)21-16(20)18(4)15(19)11-13-10-9-12-7-5-6-8-14(12)13;1-13-12(14)8-10-7-6-9-4-2-3-5-11(9)10;/h5-8,13H,9-11H2,1-4H3;2-5,10H,6-8H2,1H3,(H,13,14);1H4. The second-order valence-electron chi connectivity index (χ2n) is 10.4. The number of hydrogen-bond acceptors (Lipinski definition) is 4. The molecule has 1 N–H and O–H groups in total. The number of imide groups is 1. The number of aryl methyl sites for hydroxylation is 2. The molecule has 2 aliphatic carbocycles. The van der Waals surface area contributed by atoms with Gasteiger partial charge in [0.25, 0.3) is 0 Å². The summed E-state index contributed by atoms with van der Waals surface area (Å²) in [5.41, 5.74) is 4.75. The van der Waals surface area contributed by atoms with Gasteiger partial charge in [0.05, 0.1) is 0 Å². The van der Waals surface area contributed by atoms with Crippen LogP contribution in [0.15, 0.2) is 48.5 Å². The van der Waals surface area contributed by atoms with Crippen LogP contribution in [0.25, 0.3) is 0 Å². The third-order valence-corrected chi connectivity index (χ3v) is 6.69. The van der Waals surface area contributed by atoms with Crippen LogP contribution in [0.4, 0.5) is 4.79 Å². The van der Waals surface area contributed by atoms with E-state index in [1.807, 2.05) is 12.1 Å². The average molecular weight is 495 g/mol. The van der Waals surface area contributed by atoms with Crippen LogP contribution in [0, 0.1) is 0 Å². The number of rotatable bonds is 4. The van der Waals surface area contributed by atoms with E-state index in [1.165, 1.54) is 29.3 Å². The molecule has 3 amide bonds. The molecule has 0 aliphatic heterocycles. The molecule has 2 aliphatic rings. The van der Waals surface area contributed by atoms with Crippen LogP contribution >= 0.6 is 0 Å². The molecule has 2 atom stereocenters. The van der Waals surface area contributed by atoms with Crippen LogP contribution in [0.2, 0.25) is 0 Å². The molecule has 6 nitrogen and oxygen atoms in total. The molecule has 0 heterocycles. The molecule has 0 saturated carbocycles. The van der Waals surface area contributed by atoms with Gasteiger partial charge in [0.15, 0.2) is 0 Å². The molecule has 2 aromatic carbocycles. The monoisotopic (exact) mass is 494 g/mol. The van der Waals surface area contributed by atoms with Gasteiger partial charge in [-0.2, -0.15) is 0 Å². The summed E-state index contributed by atoms with van der Waals surface area (Å²) in [4.78, 5) is 36.5. The van der Waals surface area contributed by atoms with Crippen LogP contribution in [-0.4, -0.2) is 42.5 Å². The second kappa shape index (κ2) is 12.7. The SMILES string of the molecule is C.CN(C(=O)CC1CCc2ccccc21)C(=O)OC(C)(C)C.CNC(=O)CC1CCc2ccccc21. The highest BCUT2D eigenvalue weighted by Gasteiger charge is 2.29. The Morgan fingerprint density at radius 3 is 1.83 bits per heavy atom. The van der Waals surface area contributed by atoms with Gasteiger partial charge >= 0.3 is 6.09 Å². The zero-order valence-electron chi connectivity index (χ0n) is 21.6. The number of carbonyl (C=O) groups is 3.